The van der Waals surface area contributed by atoms with Crippen molar-refractivity contribution in [3.63, 3.8) is 0 Å². The lowest BCUT2D eigenvalue weighted by Gasteiger charge is -2.12. The number of rotatable bonds is 1. The lowest BCUT2D eigenvalue weighted by atomic mass is 9.92. The predicted molar refractivity (Wildman–Crippen MR) is 112 cm³/mol. The van der Waals surface area contributed by atoms with E-state index in [-0.39, 0.29) is 0 Å². The molecule has 0 unspecified atom stereocenters. The highest BCUT2D eigenvalue weighted by Gasteiger charge is 2.10. The Labute approximate surface area is 154 Å². The van der Waals surface area contributed by atoms with Crippen LogP contribution in [-0.2, 0) is 0 Å². The highest BCUT2D eigenvalue weighted by molar-refractivity contribution is 9.10. The first-order valence-electron chi connectivity index (χ1n) is 8.41. The standard InChI is InChI=1S/C24H15Br/c25-24-12-6-5-7-17(24)16-13-14-22-20-10-2-1-8-18(20)19-9-3-4-11-21(19)23(22)15-16/h1-15H. The van der Waals surface area contributed by atoms with Crippen LogP contribution in [0.25, 0.3) is 43.4 Å². The summed E-state index contributed by atoms with van der Waals surface area (Å²) in [7, 11) is 0. The molecule has 0 saturated carbocycles. The summed E-state index contributed by atoms with van der Waals surface area (Å²) in [6.45, 7) is 0. The predicted octanol–water partition coefficient (Wildman–Crippen LogP) is 7.58. The van der Waals surface area contributed by atoms with Crippen LogP contribution in [0.5, 0.6) is 0 Å². The van der Waals surface area contributed by atoms with Gasteiger partial charge in [0.15, 0.2) is 0 Å². The van der Waals surface area contributed by atoms with Gasteiger partial charge in [-0.2, -0.15) is 0 Å². The second-order valence-electron chi connectivity index (χ2n) is 6.33. The minimum atomic E-state index is 1.12. The van der Waals surface area contributed by atoms with E-state index in [0.717, 1.165) is 4.47 Å². The second-order valence-corrected chi connectivity index (χ2v) is 7.19. The molecule has 0 bridgehead atoms. The van der Waals surface area contributed by atoms with E-state index in [9.17, 15) is 0 Å². The van der Waals surface area contributed by atoms with Crippen LogP contribution in [0.4, 0.5) is 0 Å². The van der Waals surface area contributed by atoms with Crippen molar-refractivity contribution in [2.45, 2.75) is 0 Å². The van der Waals surface area contributed by atoms with Crippen molar-refractivity contribution in [2.75, 3.05) is 0 Å². The summed E-state index contributed by atoms with van der Waals surface area (Å²) in [5, 5.41) is 7.88. The van der Waals surface area contributed by atoms with Gasteiger partial charge in [0.2, 0.25) is 0 Å². The lowest BCUT2D eigenvalue weighted by molar-refractivity contribution is 1.61. The van der Waals surface area contributed by atoms with Crippen LogP contribution in [0.2, 0.25) is 0 Å². The minimum Gasteiger partial charge on any atom is -0.0616 e. The molecule has 5 aromatic rings. The van der Waals surface area contributed by atoms with Crippen LogP contribution in [0.1, 0.15) is 0 Å². The molecule has 0 radical (unpaired) electrons. The molecule has 5 rings (SSSR count). The van der Waals surface area contributed by atoms with Crippen molar-refractivity contribution in [1.29, 1.82) is 0 Å². The van der Waals surface area contributed by atoms with Gasteiger partial charge >= 0.3 is 0 Å². The van der Waals surface area contributed by atoms with Crippen LogP contribution < -0.4 is 0 Å². The third kappa shape index (κ3) is 2.27. The van der Waals surface area contributed by atoms with Gasteiger partial charge in [-0.15, -0.1) is 0 Å². The van der Waals surface area contributed by atoms with Crippen molar-refractivity contribution >= 4 is 48.2 Å². The van der Waals surface area contributed by atoms with Gasteiger partial charge < -0.3 is 0 Å². The lowest BCUT2D eigenvalue weighted by Crippen LogP contribution is -1.85. The van der Waals surface area contributed by atoms with Crippen LogP contribution in [0.3, 0.4) is 0 Å². The maximum absolute atomic E-state index is 3.69. The molecule has 0 fully saturated rings. The summed E-state index contributed by atoms with van der Waals surface area (Å²) >= 11 is 3.69. The van der Waals surface area contributed by atoms with E-state index in [1.807, 2.05) is 0 Å². The maximum Gasteiger partial charge on any atom is 0.0253 e. The maximum atomic E-state index is 3.69. The first-order valence-corrected chi connectivity index (χ1v) is 9.20. The summed E-state index contributed by atoms with van der Waals surface area (Å²) in [5.41, 5.74) is 2.46. The van der Waals surface area contributed by atoms with Gasteiger partial charge in [0, 0.05) is 4.47 Å². The summed E-state index contributed by atoms with van der Waals surface area (Å²) in [5.74, 6) is 0. The van der Waals surface area contributed by atoms with Gasteiger partial charge in [-0.25, -0.2) is 0 Å². The number of halogens is 1. The van der Waals surface area contributed by atoms with Crippen LogP contribution in [0, 0.1) is 0 Å². The number of hydrogen-bond donors (Lipinski definition) is 0. The van der Waals surface area contributed by atoms with Gasteiger partial charge in [-0.05, 0) is 55.6 Å². The number of fused-ring (bicyclic) bond motifs is 6. The normalized spacial score (nSPS) is 11.4. The monoisotopic (exact) mass is 382 g/mol. The fourth-order valence-electron chi connectivity index (χ4n) is 3.77. The molecule has 0 saturated heterocycles. The Morgan fingerprint density at radius 1 is 0.440 bits per heavy atom. The van der Waals surface area contributed by atoms with Gasteiger partial charge in [-0.3, -0.25) is 0 Å². The molecular formula is C24H15Br. The van der Waals surface area contributed by atoms with Crippen molar-refractivity contribution in [1.82, 2.24) is 0 Å². The summed E-state index contributed by atoms with van der Waals surface area (Å²) in [6.07, 6.45) is 0. The van der Waals surface area contributed by atoms with Gasteiger partial charge in [0.25, 0.3) is 0 Å². The third-order valence-corrected chi connectivity index (χ3v) is 5.62. The Balaban J connectivity index is 1.96. The zero-order valence-corrected chi connectivity index (χ0v) is 15.1. The molecule has 5 aromatic carbocycles. The molecule has 1 heteroatoms. The first kappa shape index (κ1) is 14.7. The molecule has 0 spiro atoms. The zero-order chi connectivity index (χ0) is 16.8. The molecule has 0 aliphatic heterocycles. The largest absolute Gasteiger partial charge is 0.0616 e. The average molecular weight is 383 g/mol. The van der Waals surface area contributed by atoms with Gasteiger partial charge in [0.1, 0.15) is 0 Å². The third-order valence-electron chi connectivity index (χ3n) is 4.93. The number of hydrogen-bond acceptors (Lipinski definition) is 0. The van der Waals surface area contributed by atoms with Crippen LogP contribution in [0.15, 0.2) is 95.5 Å². The average Bonchev–Trinajstić information content (AvgIpc) is 2.68. The van der Waals surface area contributed by atoms with Crippen LogP contribution in [-0.4, -0.2) is 0 Å². The van der Waals surface area contributed by atoms with Crippen molar-refractivity contribution in [3.8, 4) is 11.1 Å². The quantitative estimate of drug-likeness (QED) is 0.262. The highest BCUT2D eigenvalue weighted by Crippen LogP contribution is 2.38. The molecule has 118 valence electrons. The molecule has 25 heavy (non-hydrogen) atoms. The van der Waals surface area contributed by atoms with E-state index < -0.39 is 0 Å². The Hall–Kier alpha value is -2.64. The van der Waals surface area contributed by atoms with Crippen molar-refractivity contribution < 1.29 is 0 Å². The topological polar surface area (TPSA) is 0 Å². The number of benzene rings is 5. The smallest absolute Gasteiger partial charge is 0.0253 e. The van der Waals surface area contributed by atoms with E-state index in [0.29, 0.717) is 0 Å². The van der Waals surface area contributed by atoms with E-state index in [1.165, 1.54) is 43.4 Å². The van der Waals surface area contributed by atoms with Crippen molar-refractivity contribution in [3.05, 3.63) is 95.5 Å². The fourth-order valence-corrected chi connectivity index (χ4v) is 4.28. The van der Waals surface area contributed by atoms with E-state index in [1.54, 1.807) is 0 Å². The molecule has 0 nitrogen and oxygen atoms in total. The Morgan fingerprint density at radius 3 is 1.52 bits per heavy atom. The SMILES string of the molecule is Brc1ccccc1-c1ccc2c3ccccc3c3ccccc3c2c1. The van der Waals surface area contributed by atoms with Gasteiger partial charge in [-0.1, -0.05) is 94.8 Å². The highest BCUT2D eigenvalue weighted by atomic mass is 79.9. The Bertz CT molecular complexity index is 1220. The molecule has 0 amide bonds. The van der Waals surface area contributed by atoms with E-state index >= 15 is 0 Å². The first-order chi connectivity index (χ1) is 12.3. The van der Waals surface area contributed by atoms with E-state index in [4.69, 9.17) is 0 Å². The fraction of sp³-hybridized carbons (Fsp3) is 0. The summed E-state index contributed by atoms with van der Waals surface area (Å²) in [4.78, 5) is 0. The Kier molecular flexibility index (Phi) is 3.36. The zero-order valence-electron chi connectivity index (χ0n) is 13.5. The summed E-state index contributed by atoms with van der Waals surface area (Å²) < 4.78 is 1.12. The van der Waals surface area contributed by atoms with Crippen molar-refractivity contribution in [2.24, 2.45) is 0 Å². The molecular weight excluding hydrogens is 368 g/mol. The molecule has 0 heterocycles. The van der Waals surface area contributed by atoms with Gasteiger partial charge in [0.05, 0.1) is 0 Å². The molecule has 0 atom stereocenters. The second kappa shape index (κ2) is 5.72. The minimum absolute atomic E-state index is 1.12. The summed E-state index contributed by atoms with van der Waals surface area (Å²) in [6, 6.07) is 32.6. The van der Waals surface area contributed by atoms with Crippen LogP contribution >= 0.6 is 15.9 Å². The molecule has 0 aliphatic rings. The Morgan fingerprint density at radius 2 is 0.920 bits per heavy atom. The molecule has 0 aliphatic carbocycles. The molecule has 0 N–H and O–H groups in total. The van der Waals surface area contributed by atoms with E-state index in [2.05, 4.69) is 107 Å². The molecule has 0 aromatic heterocycles.